The Morgan fingerprint density at radius 2 is 1.70 bits per heavy atom. The van der Waals surface area contributed by atoms with Crippen molar-refractivity contribution in [3.05, 3.63) is 70.5 Å². The number of aliphatic imine (C=N–C) groups is 1. The maximum atomic E-state index is 13.7. The van der Waals surface area contributed by atoms with Gasteiger partial charge in [-0.1, -0.05) is 30.3 Å². The largest absolute Gasteiger partial charge is 0.352 e. The first-order valence-electron chi connectivity index (χ1n) is 9.28. The molecule has 0 aliphatic carbocycles. The van der Waals surface area contributed by atoms with Crippen LogP contribution in [0.1, 0.15) is 22.3 Å². The quantitative estimate of drug-likeness (QED) is 0.302. The zero-order valence-electron chi connectivity index (χ0n) is 17.8. The lowest BCUT2D eigenvalue weighted by Crippen LogP contribution is -2.36. The van der Waals surface area contributed by atoms with Crippen molar-refractivity contribution in [1.29, 1.82) is 0 Å². The summed E-state index contributed by atoms with van der Waals surface area (Å²) in [6.45, 7) is 1.72. The van der Waals surface area contributed by atoms with Crippen molar-refractivity contribution in [3.63, 3.8) is 0 Å². The van der Waals surface area contributed by atoms with E-state index >= 15 is 0 Å². The van der Waals surface area contributed by atoms with Crippen molar-refractivity contribution >= 4 is 39.8 Å². The first-order valence-corrected chi connectivity index (χ1v) is 11.3. The van der Waals surface area contributed by atoms with Crippen LogP contribution in [0.3, 0.4) is 0 Å². The van der Waals surface area contributed by atoms with Crippen LogP contribution in [0.25, 0.3) is 0 Å². The van der Waals surface area contributed by atoms with Gasteiger partial charge in [0.25, 0.3) is 0 Å². The van der Waals surface area contributed by atoms with Gasteiger partial charge >= 0.3 is 0 Å². The van der Waals surface area contributed by atoms with Gasteiger partial charge in [-0.25, -0.2) is 12.8 Å². The van der Waals surface area contributed by atoms with Gasteiger partial charge in [0, 0.05) is 32.9 Å². The van der Waals surface area contributed by atoms with Crippen LogP contribution in [0.2, 0.25) is 0 Å². The number of halogens is 2. The Bertz CT molecular complexity index is 965. The van der Waals surface area contributed by atoms with Crippen LogP contribution in [0.15, 0.2) is 47.5 Å². The van der Waals surface area contributed by atoms with Crippen molar-refractivity contribution in [2.24, 2.45) is 4.99 Å². The van der Waals surface area contributed by atoms with Gasteiger partial charge in [0.15, 0.2) is 15.8 Å². The molecule has 0 saturated heterocycles. The molecule has 9 heteroatoms. The van der Waals surface area contributed by atoms with Gasteiger partial charge in [-0.3, -0.25) is 4.99 Å². The van der Waals surface area contributed by atoms with Gasteiger partial charge in [0.1, 0.15) is 5.82 Å². The van der Waals surface area contributed by atoms with Crippen molar-refractivity contribution in [2.75, 3.05) is 27.4 Å². The van der Waals surface area contributed by atoms with E-state index in [9.17, 15) is 12.8 Å². The average Bonchev–Trinajstić information content (AvgIpc) is 2.62. The molecule has 0 aliphatic rings. The molecule has 6 nitrogen and oxygen atoms in total. The van der Waals surface area contributed by atoms with Crippen LogP contribution in [-0.2, 0) is 35.2 Å². The molecule has 0 bridgehead atoms. The lowest BCUT2D eigenvalue weighted by molar-refractivity contribution is 0.402. The fraction of sp³-hybridized carbons (Fsp3) is 0.381. The summed E-state index contributed by atoms with van der Waals surface area (Å²) >= 11 is 0. The van der Waals surface area contributed by atoms with E-state index in [0.717, 1.165) is 12.1 Å². The third-order valence-electron chi connectivity index (χ3n) is 4.21. The van der Waals surface area contributed by atoms with E-state index < -0.39 is 15.7 Å². The molecule has 2 aromatic carbocycles. The number of nitrogens with one attached hydrogen (secondary N) is 2. The van der Waals surface area contributed by atoms with E-state index in [1.165, 1.54) is 30.0 Å². The number of nitrogens with zero attached hydrogens (tertiary/aromatic N) is 2. The molecule has 2 N–H and O–H groups in total. The van der Waals surface area contributed by atoms with E-state index in [2.05, 4.69) is 32.7 Å². The van der Waals surface area contributed by atoms with Crippen LogP contribution in [0.4, 0.5) is 4.39 Å². The molecular weight excluding hydrogens is 518 g/mol. The Morgan fingerprint density at radius 3 is 2.33 bits per heavy atom. The Kier molecular flexibility index (Phi) is 10.7. The molecular formula is C21H30FIN4O2S. The maximum absolute atomic E-state index is 13.7. The summed E-state index contributed by atoms with van der Waals surface area (Å²) in [5.41, 5.74) is 3.51. The molecule has 0 aliphatic heterocycles. The zero-order chi connectivity index (χ0) is 21.4. The predicted octanol–water partition coefficient (Wildman–Crippen LogP) is 2.92. The van der Waals surface area contributed by atoms with Crippen LogP contribution in [-0.4, -0.2) is 46.7 Å². The summed E-state index contributed by atoms with van der Waals surface area (Å²) in [6, 6.07) is 12.4. The minimum absolute atomic E-state index is 0. The van der Waals surface area contributed by atoms with E-state index in [-0.39, 0.29) is 36.3 Å². The van der Waals surface area contributed by atoms with E-state index in [1.54, 1.807) is 7.05 Å². The molecule has 2 rings (SSSR count). The number of hydrogen-bond acceptors (Lipinski definition) is 4. The van der Waals surface area contributed by atoms with Crippen LogP contribution in [0, 0.1) is 5.82 Å². The first-order chi connectivity index (χ1) is 13.7. The average molecular weight is 548 g/mol. The number of hydrogen-bond donors (Lipinski definition) is 2. The topological polar surface area (TPSA) is 73.8 Å². The Hall–Kier alpha value is -1.72. The number of guanidine groups is 1. The standard InChI is InChI=1S/C21H29FN4O2S.HI/c1-23-21(24-12-16-6-5-7-17(10-16)14-26(2)3)25-13-19-11-20(22)9-8-18(19)15-29(4,27)28;/h5-11H,12-15H2,1-4H3,(H2,23,24,25);1H. The molecule has 0 radical (unpaired) electrons. The molecule has 0 atom stereocenters. The van der Waals surface area contributed by atoms with E-state index in [4.69, 9.17) is 0 Å². The molecule has 2 aromatic rings. The zero-order valence-corrected chi connectivity index (χ0v) is 20.9. The van der Waals surface area contributed by atoms with Gasteiger partial charge in [0.2, 0.25) is 0 Å². The van der Waals surface area contributed by atoms with Crippen molar-refractivity contribution in [3.8, 4) is 0 Å². The van der Waals surface area contributed by atoms with Gasteiger partial charge in [-0.2, -0.15) is 0 Å². The Balaban J connectivity index is 0.00000450. The highest BCUT2D eigenvalue weighted by Crippen LogP contribution is 2.14. The van der Waals surface area contributed by atoms with Crippen LogP contribution >= 0.6 is 24.0 Å². The SMILES string of the molecule is CN=C(NCc1cccc(CN(C)C)c1)NCc1cc(F)ccc1CS(C)(=O)=O.I. The van der Waals surface area contributed by atoms with Crippen LogP contribution < -0.4 is 10.6 Å². The van der Waals surface area contributed by atoms with E-state index in [1.807, 2.05) is 26.2 Å². The highest BCUT2D eigenvalue weighted by Gasteiger charge is 2.11. The van der Waals surface area contributed by atoms with Crippen molar-refractivity contribution < 1.29 is 12.8 Å². The monoisotopic (exact) mass is 548 g/mol. The maximum Gasteiger partial charge on any atom is 0.191 e. The molecule has 0 aromatic heterocycles. The smallest absolute Gasteiger partial charge is 0.191 e. The molecule has 166 valence electrons. The normalized spacial score (nSPS) is 11.9. The summed E-state index contributed by atoms with van der Waals surface area (Å²) in [6.07, 6.45) is 1.17. The number of sulfone groups is 1. The van der Waals surface area contributed by atoms with Crippen molar-refractivity contribution in [1.82, 2.24) is 15.5 Å². The highest BCUT2D eigenvalue weighted by atomic mass is 127. The fourth-order valence-electron chi connectivity index (χ4n) is 2.97. The summed E-state index contributed by atoms with van der Waals surface area (Å²) in [7, 11) is 2.50. The van der Waals surface area contributed by atoms with E-state index in [0.29, 0.717) is 23.6 Å². The summed E-state index contributed by atoms with van der Waals surface area (Å²) in [4.78, 5) is 6.30. The minimum Gasteiger partial charge on any atom is -0.352 e. The lowest BCUT2D eigenvalue weighted by Gasteiger charge is -2.15. The van der Waals surface area contributed by atoms with Crippen LogP contribution in [0.5, 0.6) is 0 Å². The van der Waals surface area contributed by atoms with Gasteiger partial charge in [-0.15, -0.1) is 24.0 Å². The summed E-state index contributed by atoms with van der Waals surface area (Å²) < 4.78 is 36.9. The second-order valence-corrected chi connectivity index (χ2v) is 9.46. The summed E-state index contributed by atoms with van der Waals surface area (Å²) in [5.74, 6) is 0.0203. The predicted molar refractivity (Wildman–Crippen MR) is 131 cm³/mol. The Morgan fingerprint density at radius 1 is 1.03 bits per heavy atom. The van der Waals surface area contributed by atoms with Gasteiger partial charge < -0.3 is 15.5 Å². The molecule has 0 heterocycles. The molecule has 0 amide bonds. The Labute approximate surface area is 195 Å². The second-order valence-electron chi connectivity index (χ2n) is 7.32. The lowest BCUT2D eigenvalue weighted by atomic mass is 10.1. The number of benzene rings is 2. The third-order valence-corrected chi connectivity index (χ3v) is 5.04. The minimum atomic E-state index is -3.22. The molecule has 30 heavy (non-hydrogen) atoms. The fourth-order valence-corrected chi connectivity index (χ4v) is 3.82. The molecule has 0 saturated carbocycles. The molecule has 0 spiro atoms. The van der Waals surface area contributed by atoms with Gasteiger partial charge in [0.05, 0.1) is 5.75 Å². The summed E-state index contributed by atoms with van der Waals surface area (Å²) in [5, 5.41) is 6.36. The van der Waals surface area contributed by atoms with Crippen molar-refractivity contribution in [2.45, 2.75) is 25.4 Å². The van der Waals surface area contributed by atoms with Gasteiger partial charge in [-0.05, 0) is 48.5 Å². The highest BCUT2D eigenvalue weighted by molar-refractivity contribution is 14.0. The third kappa shape index (κ3) is 9.40. The number of rotatable bonds is 8. The first kappa shape index (κ1) is 26.3. The molecule has 0 fully saturated rings. The second kappa shape index (κ2) is 12.2. The molecule has 0 unspecified atom stereocenters.